The minimum absolute atomic E-state index is 0.000356. The number of nitrogens with zero attached hydrogens (tertiary/aromatic N) is 3. The fraction of sp³-hybridized carbons (Fsp3) is 0.273. The molecule has 1 aliphatic heterocycles. The number of carbonyl (C=O) groups excluding carboxylic acids is 2. The standard InChI is InChI=1S/C22H22N4O4/c1-15(27)23-18-8-6-16(7-9-18)21-24-22(30-25-21)17-4-2-12-26(14-17)20(28)11-10-19-5-3-13-29-19/h3,5-11,13,17H,2,4,12,14H2,1H3,(H,23,27)/b11-10+/t17-/m0/s1. The number of hydrogen-bond acceptors (Lipinski definition) is 6. The number of hydrogen-bond donors (Lipinski definition) is 1. The Morgan fingerprint density at radius 1 is 1.23 bits per heavy atom. The van der Waals surface area contributed by atoms with E-state index < -0.39 is 0 Å². The number of carbonyl (C=O) groups is 2. The molecule has 2 amide bonds. The van der Waals surface area contributed by atoms with E-state index in [1.165, 1.54) is 13.0 Å². The Hall–Kier alpha value is -3.68. The van der Waals surface area contributed by atoms with Crippen LogP contribution in [0.4, 0.5) is 5.69 Å². The van der Waals surface area contributed by atoms with Crippen LogP contribution in [-0.4, -0.2) is 39.9 Å². The van der Waals surface area contributed by atoms with Gasteiger partial charge in [0.05, 0.1) is 12.2 Å². The van der Waals surface area contributed by atoms with Gasteiger partial charge < -0.3 is 19.2 Å². The number of furan rings is 1. The normalized spacial score (nSPS) is 16.7. The van der Waals surface area contributed by atoms with Gasteiger partial charge in [-0.2, -0.15) is 4.98 Å². The predicted molar refractivity (Wildman–Crippen MR) is 110 cm³/mol. The summed E-state index contributed by atoms with van der Waals surface area (Å²) in [7, 11) is 0. The van der Waals surface area contributed by atoms with Crippen molar-refractivity contribution in [1.29, 1.82) is 0 Å². The van der Waals surface area contributed by atoms with Crippen LogP contribution >= 0.6 is 0 Å². The van der Waals surface area contributed by atoms with E-state index in [1.54, 1.807) is 41.5 Å². The Bertz CT molecular complexity index is 1040. The monoisotopic (exact) mass is 406 g/mol. The molecule has 0 unspecified atom stereocenters. The van der Waals surface area contributed by atoms with Gasteiger partial charge in [-0.05, 0) is 55.3 Å². The Kier molecular flexibility index (Phi) is 5.74. The zero-order valence-corrected chi connectivity index (χ0v) is 16.6. The molecule has 3 aromatic rings. The molecule has 30 heavy (non-hydrogen) atoms. The van der Waals surface area contributed by atoms with Gasteiger partial charge in [-0.15, -0.1) is 0 Å². The summed E-state index contributed by atoms with van der Waals surface area (Å²) in [6, 6.07) is 10.8. The van der Waals surface area contributed by atoms with Crippen molar-refractivity contribution < 1.29 is 18.5 Å². The second-order valence-electron chi connectivity index (χ2n) is 7.19. The van der Waals surface area contributed by atoms with Crippen LogP contribution in [0.15, 0.2) is 57.7 Å². The highest BCUT2D eigenvalue weighted by atomic mass is 16.5. The summed E-state index contributed by atoms with van der Waals surface area (Å²) in [6.07, 6.45) is 6.52. The maximum atomic E-state index is 12.5. The third kappa shape index (κ3) is 4.65. The summed E-state index contributed by atoms with van der Waals surface area (Å²) < 4.78 is 10.7. The highest BCUT2D eigenvalue weighted by molar-refractivity contribution is 5.91. The van der Waals surface area contributed by atoms with E-state index in [2.05, 4.69) is 15.5 Å². The van der Waals surface area contributed by atoms with Crippen LogP contribution in [0, 0.1) is 0 Å². The molecule has 1 aliphatic rings. The van der Waals surface area contributed by atoms with Crippen molar-refractivity contribution in [3.05, 3.63) is 60.4 Å². The first-order valence-corrected chi connectivity index (χ1v) is 9.80. The van der Waals surface area contributed by atoms with Gasteiger partial charge >= 0.3 is 0 Å². The molecular weight excluding hydrogens is 384 g/mol. The first-order chi connectivity index (χ1) is 14.6. The Morgan fingerprint density at radius 3 is 2.80 bits per heavy atom. The topological polar surface area (TPSA) is 101 Å². The van der Waals surface area contributed by atoms with Crippen LogP contribution in [0.2, 0.25) is 0 Å². The van der Waals surface area contributed by atoms with Crippen molar-refractivity contribution in [3.63, 3.8) is 0 Å². The van der Waals surface area contributed by atoms with E-state index in [0.29, 0.717) is 36.3 Å². The molecule has 2 aromatic heterocycles. The lowest BCUT2D eigenvalue weighted by molar-refractivity contribution is -0.127. The summed E-state index contributed by atoms with van der Waals surface area (Å²) in [5, 5.41) is 6.81. The van der Waals surface area contributed by atoms with Crippen LogP contribution in [0.25, 0.3) is 17.5 Å². The summed E-state index contributed by atoms with van der Waals surface area (Å²) >= 11 is 0. The van der Waals surface area contributed by atoms with Crippen molar-refractivity contribution >= 4 is 23.6 Å². The summed E-state index contributed by atoms with van der Waals surface area (Å²) in [4.78, 5) is 30.0. The molecule has 0 spiro atoms. The number of likely N-dealkylation sites (tertiary alicyclic amines) is 1. The second-order valence-corrected chi connectivity index (χ2v) is 7.19. The second kappa shape index (κ2) is 8.77. The average Bonchev–Trinajstić information content (AvgIpc) is 3.44. The van der Waals surface area contributed by atoms with Gasteiger partial charge in [-0.25, -0.2) is 0 Å². The van der Waals surface area contributed by atoms with Gasteiger partial charge in [-0.3, -0.25) is 9.59 Å². The van der Waals surface area contributed by atoms with Crippen LogP contribution in [0.1, 0.15) is 37.3 Å². The first kappa shape index (κ1) is 19.6. The highest BCUT2D eigenvalue weighted by Gasteiger charge is 2.28. The smallest absolute Gasteiger partial charge is 0.246 e. The maximum Gasteiger partial charge on any atom is 0.246 e. The fourth-order valence-electron chi connectivity index (χ4n) is 3.45. The highest BCUT2D eigenvalue weighted by Crippen LogP contribution is 2.28. The van der Waals surface area contributed by atoms with Crippen molar-refractivity contribution in [2.75, 3.05) is 18.4 Å². The molecular formula is C22H22N4O4. The SMILES string of the molecule is CC(=O)Nc1ccc(-c2noc([C@H]3CCCN(C(=O)/C=C/c4ccco4)C3)n2)cc1. The van der Waals surface area contributed by atoms with Gasteiger partial charge in [0.15, 0.2) is 0 Å². The molecule has 0 bridgehead atoms. The minimum atomic E-state index is -0.125. The van der Waals surface area contributed by atoms with Crippen molar-refractivity contribution in [2.45, 2.75) is 25.7 Å². The van der Waals surface area contributed by atoms with Gasteiger partial charge in [0.1, 0.15) is 5.76 Å². The number of nitrogens with one attached hydrogen (secondary N) is 1. The quantitative estimate of drug-likeness (QED) is 0.648. The molecule has 0 aliphatic carbocycles. The van der Waals surface area contributed by atoms with Crippen LogP contribution in [0.5, 0.6) is 0 Å². The molecule has 1 N–H and O–H groups in total. The van der Waals surface area contributed by atoms with Gasteiger partial charge in [0.2, 0.25) is 23.5 Å². The zero-order valence-electron chi connectivity index (χ0n) is 16.6. The van der Waals surface area contributed by atoms with Gasteiger partial charge in [0, 0.05) is 37.3 Å². The molecule has 8 heteroatoms. The lowest BCUT2D eigenvalue weighted by Crippen LogP contribution is -2.38. The van der Waals surface area contributed by atoms with Crippen molar-refractivity contribution in [3.8, 4) is 11.4 Å². The number of anilines is 1. The van der Waals surface area contributed by atoms with E-state index in [4.69, 9.17) is 8.94 Å². The van der Waals surface area contributed by atoms with Crippen molar-refractivity contribution in [2.24, 2.45) is 0 Å². The average molecular weight is 406 g/mol. The van der Waals surface area contributed by atoms with Crippen LogP contribution in [-0.2, 0) is 9.59 Å². The molecule has 1 atom stereocenters. The maximum absolute atomic E-state index is 12.5. The largest absolute Gasteiger partial charge is 0.465 e. The predicted octanol–water partition coefficient (Wildman–Crippen LogP) is 3.71. The molecule has 8 nitrogen and oxygen atoms in total. The number of amides is 2. The number of aromatic nitrogens is 2. The van der Waals surface area contributed by atoms with E-state index in [-0.39, 0.29) is 17.7 Å². The third-order valence-corrected chi connectivity index (χ3v) is 4.92. The zero-order chi connectivity index (χ0) is 20.9. The molecule has 1 saturated heterocycles. The molecule has 154 valence electrons. The van der Waals surface area contributed by atoms with Crippen LogP contribution < -0.4 is 5.32 Å². The van der Waals surface area contributed by atoms with Gasteiger partial charge in [0.25, 0.3) is 0 Å². The molecule has 1 fully saturated rings. The van der Waals surface area contributed by atoms with E-state index >= 15 is 0 Å². The van der Waals surface area contributed by atoms with E-state index in [9.17, 15) is 9.59 Å². The Morgan fingerprint density at radius 2 is 2.07 bits per heavy atom. The summed E-state index contributed by atoms with van der Waals surface area (Å²) in [5.74, 6) is 1.47. The first-order valence-electron chi connectivity index (χ1n) is 9.80. The van der Waals surface area contributed by atoms with Gasteiger partial charge in [-0.1, -0.05) is 5.16 Å². The molecule has 0 saturated carbocycles. The number of piperidine rings is 1. The third-order valence-electron chi connectivity index (χ3n) is 4.92. The number of rotatable bonds is 5. The van der Waals surface area contributed by atoms with Crippen LogP contribution in [0.3, 0.4) is 0 Å². The fourth-order valence-corrected chi connectivity index (χ4v) is 3.45. The molecule has 1 aromatic carbocycles. The number of benzene rings is 1. The van der Waals surface area contributed by atoms with E-state index in [1.807, 2.05) is 12.1 Å². The molecule has 0 radical (unpaired) electrons. The lowest BCUT2D eigenvalue weighted by atomic mass is 9.98. The summed E-state index contributed by atoms with van der Waals surface area (Å²) in [6.45, 7) is 2.69. The molecule has 3 heterocycles. The lowest BCUT2D eigenvalue weighted by Gasteiger charge is -2.30. The summed E-state index contributed by atoms with van der Waals surface area (Å²) in [5.41, 5.74) is 1.50. The van der Waals surface area contributed by atoms with Crippen molar-refractivity contribution in [1.82, 2.24) is 15.0 Å². The molecule has 4 rings (SSSR count). The Labute approximate surface area is 173 Å². The Balaban J connectivity index is 1.41. The van der Waals surface area contributed by atoms with E-state index in [0.717, 1.165) is 18.4 Å². The minimum Gasteiger partial charge on any atom is -0.465 e.